The number of halogens is 2. The van der Waals surface area contributed by atoms with Crippen LogP contribution in [0.5, 0.6) is 0 Å². The van der Waals surface area contributed by atoms with Crippen LogP contribution in [-0.4, -0.2) is 51.0 Å². The number of para-hydroxylation sites is 1. The van der Waals surface area contributed by atoms with E-state index in [2.05, 4.69) is 5.32 Å². The Kier molecular flexibility index (Phi) is 9.37. The van der Waals surface area contributed by atoms with Crippen molar-refractivity contribution in [2.45, 2.75) is 19.0 Å². The fraction of sp³-hybridized carbons (Fsp3) is 0.231. The van der Waals surface area contributed by atoms with Crippen molar-refractivity contribution in [2.75, 3.05) is 24.2 Å². The molecule has 0 aliphatic heterocycles. The highest BCUT2D eigenvalue weighted by Crippen LogP contribution is 2.25. The summed E-state index contributed by atoms with van der Waals surface area (Å²) >= 11 is 12.4. The van der Waals surface area contributed by atoms with Crippen molar-refractivity contribution in [3.63, 3.8) is 0 Å². The van der Waals surface area contributed by atoms with E-state index in [0.29, 0.717) is 21.3 Å². The first kappa shape index (κ1) is 27.5. The zero-order valence-corrected chi connectivity index (χ0v) is 22.2. The average Bonchev–Trinajstić information content (AvgIpc) is 2.85. The molecule has 0 unspecified atom stereocenters. The van der Waals surface area contributed by atoms with Crippen LogP contribution in [0.25, 0.3) is 0 Å². The Labute approximate surface area is 221 Å². The van der Waals surface area contributed by atoms with Crippen LogP contribution in [0, 0.1) is 0 Å². The van der Waals surface area contributed by atoms with E-state index in [4.69, 9.17) is 23.2 Å². The van der Waals surface area contributed by atoms with Crippen LogP contribution in [0.4, 0.5) is 5.69 Å². The lowest BCUT2D eigenvalue weighted by atomic mass is 10.0. The molecular weight excluding hydrogens is 521 g/mol. The van der Waals surface area contributed by atoms with Gasteiger partial charge in [-0.2, -0.15) is 0 Å². The number of anilines is 1. The van der Waals surface area contributed by atoms with Crippen LogP contribution in [0.2, 0.25) is 10.0 Å². The second kappa shape index (κ2) is 12.3. The van der Waals surface area contributed by atoms with Crippen LogP contribution in [0.1, 0.15) is 11.1 Å². The summed E-state index contributed by atoms with van der Waals surface area (Å²) in [6.45, 7) is -0.511. The van der Waals surface area contributed by atoms with E-state index in [1.54, 1.807) is 48.5 Å². The molecule has 3 aromatic rings. The summed E-state index contributed by atoms with van der Waals surface area (Å²) in [4.78, 5) is 28.2. The number of hydrogen-bond acceptors (Lipinski definition) is 4. The molecule has 7 nitrogen and oxygen atoms in total. The zero-order valence-electron chi connectivity index (χ0n) is 19.9. The number of carbonyl (C=O) groups is 2. The van der Waals surface area contributed by atoms with Crippen molar-refractivity contribution < 1.29 is 18.0 Å². The number of hydrogen-bond donors (Lipinski definition) is 1. The Morgan fingerprint density at radius 2 is 1.56 bits per heavy atom. The molecule has 0 radical (unpaired) electrons. The van der Waals surface area contributed by atoms with Gasteiger partial charge in [-0.3, -0.25) is 13.9 Å². The smallest absolute Gasteiger partial charge is 0.244 e. The van der Waals surface area contributed by atoms with Crippen molar-refractivity contribution in [2.24, 2.45) is 0 Å². The van der Waals surface area contributed by atoms with E-state index in [9.17, 15) is 18.0 Å². The Balaban J connectivity index is 2.04. The van der Waals surface area contributed by atoms with Crippen LogP contribution in [0.15, 0.2) is 78.9 Å². The number of nitrogens with zero attached hydrogens (tertiary/aromatic N) is 2. The minimum absolute atomic E-state index is 0.0217. The molecule has 0 aromatic heterocycles. The Morgan fingerprint density at radius 3 is 2.11 bits per heavy atom. The van der Waals surface area contributed by atoms with Gasteiger partial charge in [-0.25, -0.2) is 8.42 Å². The van der Waals surface area contributed by atoms with Gasteiger partial charge in [0.1, 0.15) is 12.6 Å². The monoisotopic (exact) mass is 547 g/mol. The van der Waals surface area contributed by atoms with E-state index in [1.807, 2.05) is 30.3 Å². The number of nitrogens with one attached hydrogen (secondary N) is 1. The Bertz CT molecular complexity index is 1310. The lowest BCUT2D eigenvalue weighted by molar-refractivity contribution is -0.139. The maximum atomic E-state index is 13.8. The highest BCUT2D eigenvalue weighted by molar-refractivity contribution is 7.92. The number of sulfonamides is 1. The molecule has 2 amide bonds. The topological polar surface area (TPSA) is 86.8 Å². The molecule has 1 atom stereocenters. The molecule has 36 heavy (non-hydrogen) atoms. The number of amides is 2. The van der Waals surface area contributed by atoms with Crippen molar-refractivity contribution in [1.29, 1.82) is 0 Å². The van der Waals surface area contributed by atoms with E-state index in [-0.39, 0.29) is 18.9 Å². The average molecular weight is 548 g/mol. The first-order valence-electron chi connectivity index (χ1n) is 11.1. The Morgan fingerprint density at radius 1 is 0.944 bits per heavy atom. The molecule has 10 heteroatoms. The van der Waals surface area contributed by atoms with Crippen LogP contribution in [-0.2, 0) is 32.6 Å². The van der Waals surface area contributed by atoms with Gasteiger partial charge in [0, 0.05) is 30.1 Å². The molecular formula is C26H27Cl2N3O4S. The molecule has 0 heterocycles. The van der Waals surface area contributed by atoms with Gasteiger partial charge >= 0.3 is 0 Å². The van der Waals surface area contributed by atoms with Crippen LogP contribution >= 0.6 is 23.2 Å². The summed E-state index contributed by atoms with van der Waals surface area (Å²) in [5, 5.41) is 3.39. The molecule has 190 valence electrons. The fourth-order valence-corrected chi connectivity index (χ4v) is 5.08. The van der Waals surface area contributed by atoms with Crippen molar-refractivity contribution in [1.82, 2.24) is 10.2 Å². The first-order chi connectivity index (χ1) is 17.1. The number of rotatable bonds is 10. The van der Waals surface area contributed by atoms with E-state index >= 15 is 0 Å². The van der Waals surface area contributed by atoms with Gasteiger partial charge in [-0.1, -0.05) is 77.8 Å². The molecule has 3 aromatic carbocycles. The molecule has 0 spiro atoms. The normalized spacial score (nSPS) is 12.0. The minimum atomic E-state index is -3.80. The van der Waals surface area contributed by atoms with Crippen molar-refractivity contribution in [3.05, 3.63) is 100 Å². The van der Waals surface area contributed by atoms with Gasteiger partial charge in [-0.05, 0) is 35.4 Å². The standard InChI is InChI=1S/C26H27Cl2N3O4S/c1-29-26(33)24(15-19-9-5-3-6-10-19)30(17-20-13-14-21(27)16-23(20)28)25(32)18-31(36(2,34)35)22-11-7-4-8-12-22/h3-14,16,24H,15,17-18H2,1-2H3,(H,29,33)/t24-/m0/s1. The maximum Gasteiger partial charge on any atom is 0.244 e. The zero-order chi connectivity index (χ0) is 26.3. The summed E-state index contributed by atoms with van der Waals surface area (Å²) < 4.78 is 26.3. The first-order valence-corrected chi connectivity index (χ1v) is 13.7. The number of likely N-dealkylation sites (N-methyl/N-ethyl adjacent to an activating group) is 1. The van der Waals surface area contributed by atoms with Gasteiger partial charge in [-0.15, -0.1) is 0 Å². The summed E-state index contributed by atoms with van der Waals surface area (Å²) in [5.41, 5.74) is 1.76. The highest BCUT2D eigenvalue weighted by atomic mass is 35.5. The Hall–Kier alpha value is -3.07. The molecule has 0 saturated heterocycles. The predicted molar refractivity (Wildman–Crippen MR) is 144 cm³/mol. The summed E-state index contributed by atoms with van der Waals surface area (Å²) in [7, 11) is -2.31. The number of carbonyl (C=O) groups excluding carboxylic acids is 2. The van der Waals surface area contributed by atoms with Crippen LogP contribution in [0.3, 0.4) is 0 Å². The van der Waals surface area contributed by atoms with Gasteiger partial charge in [0.05, 0.1) is 11.9 Å². The summed E-state index contributed by atoms with van der Waals surface area (Å²) in [5.74, 6) is -0.942. The molecule has 1 N–H and O–H groups in total. The molecule has 0 bridgehead atoms. The summed E-state index contributed by atoms with van der Waals surface area (Å²) in [6.07, 6.45) is 1.26. The molecule has 3 rings (SSSR count). The molecule has 0 aliphatic rings. The third kappa shape index (κ3) is 7.22. The predicted octanol–water partition coefficient (Wildman–Crippen LogP) is 4.15. The van der Waals surface area contributed by atoms with Gasteiger partial charge < -0.3 is 10.2 Å². The second-order valence-corrected chi connectivity index (χ2v) is 10.9. The third-order valence-corrected chi connectivity index (χ3v) is 7.32. The lowest BCUT2D eigenvalue weighted by Gasteiger charge is -2.33. The van der Waals surface area contributed by atoms with Gasteiger partial charge in [0.2, 0.25) is 21.8 Å². The van der Waals surface area contributed by atoms with E-state index in [1.165, 1.54) is 11.9 Å². The van der Waals surface area contributed by atoms with Gasteiger partial charge in [0.25, 0.3) is 0 Å². The second-order valence-electron chi connectivity index (χ2n) is 8.18. The largest absolute Gasteiger partial charge is 0.357 e. The van der Waals surface area contributed by atoms with Crippen molar-refractivity contribution in [3.8, 4) is 0 Å². The summed E-state index contributed by atoms with van der Waals surface area (Å²) in [6, 6.07) is 21.6. The SMILES string of the molecule is CNC(=O)[C@H](Cc1ccccc1)N(Cc1ccc(Cl)cc1Cl)C(=O)CN(c1ccccc1)S(C)(=O)=O. The minimum Gasteiger partial charge on any atom is -0.357 e. The van der Waals surface area contributed by atoms with E-state index in [0.717, 1.165) is 16.1 Å². The third-order valence-electron chi connectivity index (χ3n) is 5.60. The lowest BCUT2D eigenvalue weighted by Crippen LogP contribution is -2.52. The van der Waals surface area contributed by atoms with Gasteiger partial charge in [0.15, 0.2) is 0 Å². The maximum absolute atomic E-state index is 13.8. The molecule has 0 fully saturated rings. The highest BCUT2D eigenvalue weighted by Gasteiger charge is 2.32. The fourth-order valence-electron chi connectivity index (χ4n) is 3.76. The van der Waals surface area contributed by atoms with E-state index < -0.39 is 28.5 Å². The molecule has 0 saturated carbocycles. The number of benzene rings is 3. The quantitative estimate of drug-likeness (QED) is 0.413. The molecule has 0 aliphatic carbocycles. The van der Waals surface area contributed by atoms with Crippen molar-refractivity contribution >= 4 is 50.7 Å². The van der Waals surface area contributed by atoms with Crippen LogP contribution < -0.4 is 9.62 Å².